The van der Waals surface area contributed by atoms with Crippen molar-refractivity contribution in [3.05, 3.63) is 28.8 Å². The Morgan fingerprint density at radius 1 is 1.27 bits per heavy atom. The number of quaternary nitrogens is 1. The average Bonchev–Trinajstić information content (AvgIpc) is 3.00. The summed E-state index contributed by atoms with van der Waals surface area (Å²) in [5, 5.41) is 0.657. The molecule has 0 aromatic heterocycles. The number of benzene rings is 1. The Hall–Kier alpha value is -1.31. The van der Waals surface area contributed by atoms with E-state index in [1.54, 1.807) is 6.07 Å². The average molecular weight is 400 g/mol. The number of nitrogens with one attached hydrogen (secondary N) is 1. The van der Waals surface area contributed by atoms with E-state index in [9.17, 15) is 13.2 Å². The smallest absolute Gasteiger partial charge is 0.229 e. The van der Waals surface area contributed by atoms with Gasteiger partial charge in [-0.05, 0) is 30.2 Å². The zero-order valence-electron chi connectivity index (χ0n) is 14.6. The zero-order valence-corrected chi connectivity index (χ0v) is 16.2. The lowest BCUT2D eigenvalue weighted by molar-refractivity contribution is -0.925. The molecule has 3 aliphatic rings. The third-order valence-corrected chi connectivity index (χ3v) is 7.81. The summed E-state index contributed by atoms with van der Waals surface area (Å²) >= 11 is 6.05. The molecule has 0 radical (unpaired) electrons. The van der Waals surface area contributed by atoms with E-state index in [-0.39, 0.29) is 17.9 Å². The lowest BCUT2D eigenvalue weighted by atomic mass is 9.95. The number of hydrogen-bond acceptors (Lipinski definition) is 4. The molecular formula is C18H24ClN2O4S+. The molecule has 0 saturated carbocycles. The van der Waals surface area contributed by atoms with Crippen LogP contribution in [0.3, 0.4) is 0 Å². The minimum Gasteiger partial charge on any atom is -0.492 e. The number of nitrogens with zero attached hydrogens (tertiary/aromatic N) is 1. The van der Waals surface area contributed by atoms with Crippen molar-refractivity contribution in [2.24, 2.45) is 5.92 Å². The molecule has 6 nitrogen and oxygen atoms in total. The number of fused-ring (bicyclic) bond motifs is 1. The van der Waals surface area contributed by atoms with Crippen molar-refractivity contribution in [3.8, 4) is 5.75 Å². The van der Waals surface area contributed by atoms with Gasteiger partial charge in [0.1, 0.15) is 24.2 Å². The maximum atomic E-state index is 12.9. The predicted octanol–water partition coefficient (Wildman–Crippen LogP) is -0.195. The molecule has 4 rings (SSSR count). The standard InChI is InChI=1S/C18H23ClN2O4S/c19-15-1-2-17-13(10-15)9-14(11-25-17)18(22)21-6-4-20(5-7-21)16-3-8-26(23,24)12-16/h1-2,10,14,16H,3-9,11-12H2/p+1/t14-,16+/m1/s1. The van der Waals surface area contributed by atoms with Crippen LogP contribution < -0.4 is 9.64 Å². The molecule has 0 unspecified atom stereocenters. The molecule has 2 fully saturated rings. The van der Waals surface area contributed by atoms with Crippen molar-refractivity contribution >= 4 is 27.3 Å². The quantitative estimate of drug-likeness (QED) is 0.748. The number of ether oxygens (including phenoxy) is 1. The van der Waals surface area contributed by atoms with Crippen molar-refractivity contribution in [1.29, 1.82) is 0 Å². The van der Waals surface area contributed by atoms with Crippen molar-refractivity contribution in [1.82, 2.24) is 4.90 Å². The molecule has 3 heterocycles. The molecule has 26 heavy (non-hydrogen) atoms. The van der Waals surface area contributed by atoms with Gasteiger partial charge in [-0.25, -0.2) is 8.42 Å². The predicted molar refractivity (Wildman–Crippen MR) is 98.5 cm³/mol. The van der Waals surface area contributed by atoms with E-state index in [1.807, 2.05) is 17.0 Å². The summed E-state index contributed by atoms with van der Waals surface area (Å²) in [7, 11) is -2.85. The van der Waals surface area contributed by atoms with Gasteiger partial charge >= 0.3 is 0 Å². The van der Waals surface area contributed by atoms with Gasteiger partial charge in [0.2, 0.25) is 5.91 Å². The van der Waals surface area contributed by atoms with Crippen molar-refractivity contribution in [3.63, 3.8) is 0 Å². The number of amides is 1. The van der Waals surface area contributed by atoms with Gasteiger partial charge in [0.25, 0.3) is 0 Å². The fourth-order valence-corrected chi connectivity index (χ4v) is 6.34. The monoisotopic (exact) mass is 399 g/mol. The normalized spacial score (nSPS) is 28.4. The second-order valence-electron chi connectivity index (χ2n) is 7.55. The Bertz CT molecular complexity index is 805. The lowest BCUT2D eigenvalue weighted by Crippen LogP contribution is -3.18. The van der Waals surface area contributed by atoms with Gasteiger partial charge in [0.15, 0.2) is 9.84 Å². The fraction of sp³-hybridized carbons (Fsp3) is 0.611. The highest BCUT2D eigenvalue weighted by Crippen LogP contribution is 2.30. The van der Waals surface area contributed by atoms with E-state index >= 15 is 0 Å². The fourth-order valence-electron chi connectivity index (χ4n) is 4.32. The third kappa shape index (κ3) is 3.70. The number of piperazine rings is 1. The van der Waals surface area contributed by atoms with Crippen LogP contribution in [-0.4, -0.2) is 69.6 Å². The molecular weight excluding hydrogens is 376 g/mol. The van der Waals surface area contributed by atoms with Gasteiger partial charge in [0, 0.05) is 11.4 Å². The number of hydrogen-bond donors (Lipinski definition) is 1. The Labute approximate surface area is 159 Å². The summed E-state index contributed by atoms with van der Waals surface area (Å²) in [6, 6.07) is 5.73. The number of sulfone groups is 1. The molecule has 0 spiro atoms. The van der Waals surface area contributed by atoms with Crippen LogP contribution in [0.15, 0.2) is 18.2 Å². The SMILES string of the molecule is O=C([C@H]1COc2ccc(Cl)cc2C1)N1CC[NH+]([C@H]2CCS(=O)(=O)C2)CC1. The Morgan fingerprint density at radius 2 is 2.04 bits per heavy atom. The van der Waals surface area contributed by atoms with Crippen LogP contribution in [0.1, 0.15) is 12.0 Å². The third-order valence-electron chi connectivity index (χ3n) is 5.81. The highest BCUT2D eigenvalue weighted by Gasteiger charge is 2.38. The zero-order chi connectivity index (χ0) is 18.3. The Kier molecular flexibility index (Phi) is 4.88. The molecule has 3 aliphatic heterocycles. The van der Waals surface area contributed by atoms with E-state index in [2.05, 4.69) is 0 Å². The Morgan fingerprint density at radius 3 is 2.73 bits per heavy atom. The van der Waals surface area contributed by atoms with Crippen LogP contribution in [0.25, 0.3) is 0 Å². The molecule has 1 aromatic carbocycles. The molecule has 8 heteroatoms. The number of carbonyl (C=O) groups excluding carboxylic acids is 1. The van der Waals surface area contributed by atoms with E-state index in [0.717, 1.165) is 30.8 Å². The summed E-state index contributed by atoms with van der Waals surface area (Å²) in [5.74, 6) is 1.38. The molecule has 0 aliphatic carbocycles. The van der Waals surface area contributed by atoms with Crippen LogP contribution in [0.5, 0.6) is 5.75 Å². The molecule has 1 aromatic rings. The summed E-state index contributed by atoms with van der Waals surface area (Å²) < 4.78 is 29.1. The highest BCUT2D eigenvalue weighted by atomic mass is 35.5. The first-order valence-electron chi connectivity index (χ1n) is 9.16. The van der Waals surface area contributed by atoms with Crippen molar-refractivity contribution in [2.75, 3.05) is 44.3 Å². The van der Waals surface area contributed by atoms with Gasteiger partial charge in [-0.1, -0.05) is 11.6 Å². The minimum atomic E-state index is -2.85. The maximum absolute atomic E-state index is 12.9. The minimum absolute atomic E-state index is 0.133. The summed E-state index contributed by atoms with van der Waals surface area (Å²) in [4.78, 5) is 16.1. The van der Waals surface area contributed by atoms with E-state index in [1.165, 1.54) is 4.90 Å². The van der Waals surface area contributed by atoms with Gasteiger partial charge in [-0.3, -0.25) is 4.79 Å². The summed E-state index contributed by atoms with van der Waals surface area (Å²) in [6.07, 6.45) is 1.41. The second-order valence-corrected chi connectivity index (χ2v) is 10.2. The van der Waals surface area contributed by atoms with Gasteiger partial charge < -0.3 is 14.5 Å². The first kappa shape index (κ1) is 18.1. The molecule has 1 N–H and O–H groups in total. The van der Waals surface area contributed by atoms with Gasteiger partial charge in [-0.15, -0.1) is 0 Å². The molecule has 1 amide bonds. The summed E-state index contributed by atoms with van der Waals surface area (Å²) in [5.41, 5.74) is 0.988. The maximum Gasteiger partial charge on any atom is 0.229 e. The van der Waals surface area contributed by atoms with Crippen LogP contribution >= 0.6 is 11.6 Å². The van der Waals surface area contributed by atoms with Gasteiger partial charge in [-0.2, -0.15) is 0 Å². The van der Waals surface area contributed by atoms with E-state index < -0.39 is 9.84 Å². The topological polar surface area (TPSA) is 68.1 Å². The lowest BCUT2D eigenvalue weighted by Gasteiger charge is -2.37. The van der Waals surface area contributed by atoms with Crippen LogP contribution in [0.4, 0.5) is 0 Å². The number of rotatable bonds is 2. The second kappa shape index (κ2) is 7.02. The molecule has 0 bridgehead atoms. The largest absolute Gasteiger partial charge is 0.492 e. The van der Waals surface area contributed by atoms with Crippen molar-refractivity contribution in [2.45, 2.75) is 18.9 Å². The Balaban J connectivity index is 1.34. The van der Waals surface area contributed by atoms with E-state index in [4.69, 9.17) is 16.3 Å². The first-order chi connectivity index (χ1) is 12.4. The summed E-state index contributed by atoms with van der Waals surface area (Å²) in [6.45, 7) is 3.42. The molecule has 2 saturated heterocycles. The van der Waals surface area contributed by atoms with Gasteiger partial charge in [0.05, 0.1) is 37.8 Å². The van der Waals surface area contributed by atoms with Crippen molar-refractivity contribution < 1.29 is 22.8 Å². The van der Waals surface area contributed by atoms with Crippen LogP contribution in [0, 0.1) is 5.92 Å². The van der Waals surface area contributed by atoms with Crippen LogP contribution in [0.2, 0.25) is 5.02 Å². The highest BCUT2D eigenvalue weighted by molar-refractivity contribution is 7.91. The van der Waals surface area contributed by atoms with E-state index in [0.29, 0.717) is 42.6 Å². The number of halogens is 1. The molecule has 2 atom stereocenters. The molecule has 142 valence electrons. The van der Waals surface area contributed by atoms with Crippen LogP contribution in [-0.2, 0) is 21.1 Å². The number of carbonyl (C=O) groups is 1. The first-order valence-corrected chi connectivity index (χ1v) is 11.4.